The number of hydrogen-bond acceptors (Lipinski definition) is 3. The molecule has 3 heterocycles. The third-order valence-electron chi connectivity index (χ3n) is 5.36. The lowest BCUT2D eigenvalue weighted by Crippen LogP contribution is -2.34. The van der Waals surface area contributed by atoms with Crippen LogP contribution in [0.3, 0.4) is 0 Å². The SMILES string of the molecule is Cc1ccc(-c2nn3c(N4CCC(C)CC4)cc(C)nc3c2C)cc1. The van der Waals surface area contributed by atoms with E-state index >= 15 is 0 Å². The number of fused-ring (bicyclic) bond motifs is 1. The molecule has 130 valence electrons. The van der Waals surface area contributed by atoms with Crippen molar-refractivity contribution in [1.82, 2.24) is 14.6 Å². The minimum Gasteiger partial charge on any atom is -0.356 e. The van der Waals surface area contributed by atoms with Gasteiger partial charge >= 0.3 is 0 Å². The molecule has 1 aliphatic rings. The Morgan fingerprint density at radius 1 is 1.00 bits per heavy atom. The molecule has 4 nitrogen and oxygen atoms in total. The standard InChI is InChI=1S/C21H26N4/c1-14-5-7-18(8-6-14)20-17(4)21-22-16(3)13-19(25(21)23-20)24-11-9-15(2)10-12-24/h5-8,13,15H,9-12H2,1-4H3. The minimum atomic E-state index is 0.817. The van der Waals surface area contributed by atoms with E-state index in [9.17, 15) is 0 Å². The van der Waals surface area contributed by atoms with Crippen molar-refractivity contribution < 1.29 is 0 Å². The van der Waals surface area contributed by atoms with Crippen molar-refractivity contribution in [2.24, 2.45) is 5.92 Å². The van der Waals surface area contributed by atoms with E-state index in [4.69, 9.17) is 10.1 Å². The molecule has 0 bridgehead atoms. The van der Waals surface area contributed by atoms with E-state index in [2.05, 4.69) is 62.9 Å². The van der Waals surface area contributed by atoms with Crippen molar-refractivity contribution in [3.05, 3.63) is 47.2 Å². The molecule has 1 fully saturated rings. The number of aromatic nitrogens is 3. The second-order valence-corrected chi connectivity index (χ2v) is 7.50. The Morgan fingerprint density at radius 3 is 2.36 bits per heavy atom. The van der Waals surface area contributed by atoms with Crippen LogP contribution >= 0.6 is 0 Å². The molecule has 2 aromatic heterocycles. The maximum Gasteiger partial charge on any atom is 0.161 e. The van der Waals surface area contributed by atoms with Crippen LogP contribution in [0.25, 0.3) is 16.9 Å². The molecule has 0 aliphatic carbocycles. The topological polar surface area (TPSA) is 33.4 Å². The predicted molar refractivity (Wildman–Crippen MR) is 103 cm³/mol. The van der Waals surface area contributed by atoms with Crippen LogP contribution in [-0.2, 0) is 0 Å². The Hall–Kier alpha value is -2.36. The van der Waals surface area contributed by atoms with E-state index in [1.807, 2.05) is 4.52 Å². The van der Waals surface area contributed by atoms with Gasteiger partial charge in [0.05, 0.1) is 5.69 Å². The van der Waals surface area contributed by atoms with Crippen LogP contribution < -0.4 is 4.90 Å². The van der Waals surface area contributed by atoms with Gasteiger partial charge in [0.15, 0.2) is 5.65 Å². The van der Waals surface area contributed by atoms with Crippen molar-refractivity contribution in [3.8, 4) is 11.3 Å². The molecule has 0 unspecified atom stereocenters. The summed E-state index contributed by atoms with van der Waals surface area (Å²) in [5.41, 5.74) is 6.64. The Balaban J connectivity index is 1.84. The van der Waals surface area contributed by atoms with Crippen LogP contribution in [0.1, 0.15) is 36.6 Å². The molecule has 3 aromatic rings. The van der Waals surface area contributed by atoms with Gasteiger partial charge in [-0.3, -0.25) is 0 Å². The van der Waals surface area contributed by atoms with Gasteiger partial charge in [-0.2, -0.15) is 9.61 Å². The lowest BCUT2D eigenvalue weighted by Gasteiger charge is -2.32. The fraction of sp³-hybridized carbons (Fsp3) is 0.429. The van der Waals surface area contributed by atoms with Crippen LogP contribution in [-0.4, -0.2) is 27.7 Å². The highest BCUT2D eigenvalue weighted by molar-refractivity contribution is 5.72. The zero-order valence-electron chi connectivity index (χ0n) is 15.6. The summed E-state index contributed by atoms with van der Waals surface area (Å²) in [5.74, 6) is 1.99. The molecular weight excluding hydrogens is 308 g/mol. The number of rotatable bonds is 2. The number of hydrogen-bond donors (Lipinski definition) is 0. The van der Waals surface area contributed by atoms with E-state index in [-0.39, 0.29) is 0 Å². The maximum absolute atomic E-state index is 4.96. The molecule has 0 N–H and O–H groups in total. The van der Waals surface area contributed by atoms with Crippen LogP contribution in [0.4, 0.5) is 5.82 Å². The van der Waals surface area contributed by atoms with Crippen molar-refractivity contribution in [3.63, 3.8) is 0 Å². The maximum atomic E-state index is 4.96. The van der Waals surface area contributed by atoms with E-state index in [1.54, 1.807) is 0 Å². The van der Waals surface area contributed by atoms with Gasteiger partial charge in [0.2, 0.25) is 0 Å². The van der Waals surface area contributed by atoms with Crippen molar-refractivity contribution >= 4 is 11.5 Å². The molecule has 1 aromatic carbocycles. The van der Waals surface area contributed by atoms with Gasteiger partial charge in [0, 0.05) is 36.0 Å². The molecule has 25 heavy (non-hydrogen) atoms. The Bertz CT molecular complexity index is 900. The largest absolute Gasteiger partial charge is 0.356 e. The summed E-state index contributed by atoms with van der Waals surface area (Å²) >= 11 is 0. The van der Waals surface area contributed by atoms with E-state index in [0.29, 0.717) is 0 Å². The summed E-state index contributed by atoms with van der Waals surface area (Å²) in [6.45, 7) is 10.9. The zero-order valence-corrected chi connectivity index (χ0v) is 15.6. The highest BCUT2D eigenvalue weighted by Crippen LogP contribution is 2.30. The lowest BCUT2D eigenvalue weighted by atomic mass is 9.99. The minimum absolute atomic E-state index is 0.817. The normalized spacial score (nSPS) is 15.9. The van der Waals surface area contributed by atoms with Crippen LogP contribution in [0, 0.1) is 26.7 Å². The number of benzene rings is 1. The molecule has 0 radical (unpaired) electrons. The average molecular weight is 334 g/mol. The average Bonchev–Trinajstić information content (AvgIpc) is 2.93. The van der Waals surface area contributed by atoms with Crippen molar-refractivity contribution in [2.45, 2.75) is 40.5 Å². The third-order valence-corrected chi connectivity index (χ3v) is 5.36. The summed E-state index contributed by atoms with van der Waals surface area (Å²) in [7, 11) is 0. The van der Waals surface area contributed by atoms with Gasteiger partial charge in [-0.25, -0.2) is 4.98 Å². The third kappa shape index (κ3) is 2.90. The molecule has 0 spiro atoms. The van der Waals surface area contributed by atoms with Gasteiger partial charge in [0.25, 0.3) is 0 Å². The van der Waals surface area contributed by atoms with Gasteiger partial charge in [-0.15, -0.1) is 0 Å². The molecule has 0 saturated carbocycles. The zero-order chi connectivity index (χ0) is 17.6. The number of nitrogens with zero attached hydrogens (tertiary/aromatic N) is 4. The summed E-state index contributed by atoms with van der Waals surface area (Å²) in [5, 5.41) is 4.96. The first-order valence-electron chi connectivity index (χ1n) is 9.22. The molecule has 0 amide bonds. The van der Waals surface area contributed by atoms with Gasteiger partial charge in [-0.1, -0.05) is 36.8 Å². The summed E-state index contributed by atoms with van der Waals surface area (Å²) in [4.78, 5) is 7.25. The number of piperidine rings is 1. The highest BCUT2D eigenvalue weighted by Gasteiger charge is 2.21. The molecule has 0 atom stereocenters. The Labute approximate surface area is 149 Å². The first kappa shape index (κ1) is 16.1. The number of aryl methyl sites for hydroxylation is 3. The first-order valence-corrected chi connectivity index (χ1v) is 9.22. The lowest BCUT2D eigenvalue weighted by molar-refractivity contribution is 0.435. The highest BCUT2D eigenvalue weighted by atomic mass is 15.4. The van der Waals surface area contributed by atoms with Crippen molar-refractivity contribution in [2.75, 3.05) is 18.0 Å². The second-order valence-electron chi connectivity index (χ2n) is 7.50. The van der Waals surface area contributed by atoms with Crippen molar-refractivity contribution in [1.29, 1.82) is 0 Å². The smallest absolute Gasteiger partial charge is 0.161 e. The predicted octanol–water partition coefficient (Wildman–Crippen LogP) is 4.56. The summed E-state index contributed by atoms with van der Waals surface area (Å²) < 4.78 is 2.05. The second kappa shape index (κ2) is 6.17. The molecule has 1 aliphatic heterocycles. The number of anilines is 1. The van der Waals surface area contributed by atoms with Crippen LogP contribution in [0.2, 0.25) is 0 Å². The molecule has 4 rings (SSSR count). The summed E-state index contributed by atoms with van der Waals surface area (Å²) in [6.07, 6.45) is 2.49. The molecule has 4 heteroatoms. The van der Waals surface area contributed by atoms with Crippen LogP contribution in [0.15, 0.2) is 30.3 Å². The monoisotopic (exact) mass is 334 g/mol. The van der Waals surface area contributed by atoms with E-state index < -0.39 is 0 Å². The van der Waals surface area contributed by atoms with Gasteiger partial charge < -0.3 is 4.90 Å². The van der Waals surface area contributed by atoms with E-state index in [0.717, 1.165) is 47.2 Å². The Morgan fingerprint density at radius 2 is 1.68 bits per heavy atom. The molecule has 1 saturated heterocycles. The Kier molecular flexibility index (Phi) is 3.98. The van der Waals surface area contributed by atoms with Gasteiger partial charge in [0.1, 0.15) is 5.82 Å². The quantitative estimate of drug-likeness (QED) is 0.689. The first-order chi connectivity index (χ1) is 12.0. The fourth-order valence-electron chi connectivity index (χ4n) is 3.67. The van der Waals surface area contributed by atoms with Crippen LogP contribution in [0.5, 0.6) is 0 Å². The summed E-state index contributed by atoms with van der Waals surface area (Å²) in [6, 6.07) is 10.8. The van der Waals surface area contributed by atoms with E-state index in [1.165, 1.54) is 24.2 Å². The van der Waals surface area contributed by atoms with Gasteiger partial charge in [-0.05, 0) is 39.5 Å². The molecular formula is C21H26N4. The fourth-order valence-corrected chi connectivity index (χ4v) is 3.67.